The highest BCUT2D eigenvalue weighted by atomic mass is 16.5. The topological polar surface area (TPSA) is 55.4 Å². The van der Waals surface area contributed by atoms with Gasteiger partial charge in [-0.1, -0.05) is 12.1 Å². The molecule has 0 aliphatic carbocycles. The Hall–Kier alpha value is -2.10. The molecule has 1 aromatic carbocycles. The molecule has 1 aliphatic heterocycles. The molecule has 1 heterocycles. The third-order valence-electron chi connectivity index (χ3n) is 2.60. The Morgan fingerprint density at radius 1 is 1.28 bits per heavy atom. The molecule has 0 spiro atoms. The van der Waals surface area contributed by atoms with Gasteiger partial charge in [0.25, 0.3) is 0 Å². The summed E-state index contributed by atoms with van der Waals surface area (Å²) in [6, 6.07) is 7.05. The summed E-state index contributed by atoms with van der Waals surface area (Å²) in [6.45, 7) is 3.77. The van der Waals surface area contributed by atoms with Gasteiger partial charge in [0.05, 0.1) is 11.1 Å². The molecule has 2 rings (SSSR count). The second-order valence-corrected chi connectivity index (χ2v) is 4.42. The predicted molar refractivity (Wildman–Crippen MR) is 67.6 cm³/mol. The highest BCUT2D eigenvalue weighted by molar-refractivity contribution is 6.28. The number of rotatable bonds is 2. The first-order valence-corrected chi connectivity index (χ1v) is 5.85. The average molecular weight is 245 g/mol. The van der Waals surface area contributed by atoms with Crippen molar-refractivity contribution in [3.05, 3.63) is 41.6 Å². The summed E-state index contributed by atoms with van der Waals surface area (Å²) in [7, 11) is 0. The summed E-state index contributed by atoms with van der Waals surface area (Å²) in [5, 5.41) is 2.98. The van der Waals surface area contributed by atoms with Crippen molar-refractivity contribution in [2.45, 2.75) is 19.9 Å². The normalized spacial score (nSPS) is 17.4. The van der Waals surface area contributed by atoms with Gasteiger partial charge in [0.2, 0.25) is 11.6 Å². The maximum Gasteiger partial charge on any atom is 0.205 e. The Bertz CT molecular complexity index is 518. The number of benzene rings is 1. The standard InChI is InChI=1S/C14H15NO3/c1-9(2)15-7-11-12(16)8-18-13-6-4-3-5-10(13)14(11)17/h3-7,9,15H,8H2,1-2H3. The molecule has 0 atom stereocenters. The molecule has 18 heavy (non-hydrogen) atoms. The first-order valence-electron chi connectivity index (χ1n) is 5.85. The van der Waals surface area contributed by atoms with Crippen LogP contribution in [0.25, 0.3) is 0 Å². The maximum absolute atomic E-state index is 12.3. The Morgan fingerprint density at radius 3 is 2.72 bits per heavy atom. The molecule has 1 N–H and O–H groups in total. The van der Waals surface area contributed by atoms with E-state index >= 15 is 0 Å². The van der Waals surface area contributed by atoms with Crippen LogP contribution in [0.2, 0.25) is 0 Å². The third kappa shape index (κ3) is 2.42. The van der Waals surface area contributed by atoms with Gasteiger partial charge in [-0.3, -0.25) is 9.59 Å². The molecule has 0 fully saturated rings. The number of hydrogen-bond donors (Lipinski definition) is 1. The number of para-hydroxylation sites is 1. The number of hydrogen-bond acceptors (Lipinski definition) is 4. The third-order valence-corrected chi connectivity index (χ3v) is 2.60. The second-order valence-electron chi connectivity index (χ2n) is 4.42. The fourth-order valence-electron chi connectivity index (χ4n) is 1.67. The van der Waals surface area contributed by atoms with Crippen molar-refractivity contribution in [2.24, 2.45) is 0 Å². The smallest absolute Gasteiger partial charge is 0.205 e. The second kappa shape index (κ2) is 5.04. The highest BCUT2D eigenvalue weighted by Gasteiger charge is 2.26. The van der Waals surface area contributed by atoms with Crippen molar-refractivity contribution >= 4 is 11.6 Å². The summed E-state index contributed by atoms with van der Waals surface area (Å²) in [5.41, 5.74) is 0.578. The van der Waals surface area contributed by atoms with E-state index in [-0.39, 0.29) is 29.8 Å². The predicted octanol–water partition coefficient (Wildman–Crippen LogP) is 1.71. The summed E-state index contributed by atoms with van der Waals surface area (Å²) in [6.07, 6.45) is 1.49. The van der Waals surface area contributed by atoms with Crippen LogP contribution in [0.1, 0.15) is 24.2 Å². The monoisotopic (exact) mass is 245 g/mol. The molecule has 0 bridgehead atoms. The lowest BCUT2D eigenvalue weighted by Crippen LogP contribution is -2.22. The van der Waals surface area contributed by atoms with Crippen LogP contribution in [-0.2, 0) is 4.79 Å². The molecule has 1 aromatic rings. The van der Waals surface area contributed by atoms with Crippen LogP contribution < -0.4 is 10.1 Å². The number of ketones is 2. The summed E-state index contributed by atoms with van der Waals surface area (Å²) in [4.78, 5) is 24.1. The van der Waals surface area contributed by atoms with Crippen LogP contribution in [0.15, 0.2) is 36.0 Å². The average Bonchev–Trinajstić information content (AvgIpc) is 2.46. The molecular formula is C14H15NO3. The van der Waals surface area contributed by atoms with E-state index in [0.29, 0.717) is 11.3 Å². The molecule has 4 heteroatoms. The number of Topliss-reactive ketones (excluding diaryl/α,β-unsaturated/α-hetero) is 2. The molecule has 94 valence electrons. The fourth-order valence-corrected chi connectivity index (χ4v) is 1.67. The summed E-state index contributed by atoms with van der Waals surface area (Å²) < 4.78 is 5.33. The van der Waals surface area contributed by atoms with Gasteiger partial charge in [-0.25, -0.2) is 0 Å². The van der Waals surface area contributed by atoms with Gasteiger partial charge in [-0.05, 0) is 26.0 Å². The van der Waals surface area contributed by atoms with E-state index in [9.17, 15) is 9.59 Å². The number of carbonyl (C=O) groups is 2. The molecule has 0 unspecified atom stereocenters. The van der Waals surface area contributed by atoms with Crippen molar-refractivity contribution in [1.82, 2.24) is 5.32 Å². The van der Waals surface area contributed by atoms with E-state index in [2.05, 4.69) is 5.32 Å². The lowest BCUT2D eigenvalue weighted by atomic mass is 10.0. The van der Waals surface area contributed by atoms with Crippen molar-refractivity contribution in [1.29, 1.82) is 0 Å². The first kappa shape index (κ1) is 12.4. The Morgan fingerprint density at radius 2 is 2.00 bits per heavy atom. The summed E-state index contributed by atoms with van der Waals surface area (Å²) in [5.74, 6) is -0.130. The zero-order valence-electron chi connectivity index (χ0n) is 10.4. The minimum atomic E-state index is -0.302. The molecular weight excluding hydrogens is 230 g/mol. The molecule has 0 radical (unpaired) electrons. The van der Waals surface area contributed by atoms with Crippen molar-refractivity contribution in [3.8, 4) is 5.75 Å². The Kier molecular flexibility index (Phi) is 3.46. The van der Waals surface area contributed by atoms with Gasteiger partial charge in [0.1, 0.15) is 5.75 Å². The van der Waals surface area contributed by atoms with Crippen molar-refractivity contribution in [2.75, 3.05) is 6.61 Å². The van der Waals surface area contributed by atoms with Gasteiger partial charge in [0.15, 0.2) is 6.61 Å². The summed E-state index contributed by atoms with van der Waals surface area (Å²) >= 11 is 0. The molecule has 0 saturated carbocycles. The zero-order chi connectivity index (χ0) is 13.1. The maximum atomic E-state index is 12.3. The van der Waals surface area contributed by atoms with Gasteiger partial charge in [-0.15, -0.1) is 0 Å². The van der Waals surface area contributed by atoms with E-state index in [0.717, 1.165) is 0 Å². The minimum absolute atomic E-state index is 0.103. The highest BCUT2D eigenvalue weighted by Crippen LogP contribution is 2.24. The zero-order valence-corrected chi connectivity index (χ0v) is 10.4. The van der Waals surface area contributed by atoms with Gasteiger partial charge in [0, 0.05) is 12.2 Å². The minimum Gasteiger partial charge on any atom is -0.485 e. The van der Waals surface area contributed by atoms with Gasteiger partial charge >= 0.3 is 0 Å². The van der Waals surface area contributed by atoms with Gasteiger partial charge < -0.3 is 10.1 Å². The van der Waals surface area contributed by atoms with Crippen molar-refractivity contribution < 1.29 is 14.3 Å². The lowest BCUT2D eigenvalue weighted by Gasteiger charge is -2.06. The SMILES string of the molecule is CC(C)NC=C1C(=O)COc2ccccc2C1=O. The first-order chi connectivity index (χ1) is 8.59. The van der Waals surface area contributed by atoms with E-state index in [4.69, 9.17) is 4.74 Å². The molecule has 0 saturated heterocycles. The van der Waals surface area contributed by atoms with Crippen LogP contribution in [0, 0.1) is 0 Å². The lowest BCUT2D eigenvalue weighted by molar-refractivity contribution is -0.117. The number of ether oxygens (including phenoxy) is 1. The largest absolute Gasteiger partial charge is 0.485 e. The van der Waals surface area contributed by atoms with E-state index in [1.165, 1.54) is 6.20 Å². The van der Waals surface area contributed by atoms with Crippen LogP contribution in [-0.4, -0.2) is 24.2 Å². The number of carbonyl (C=O) groups excluding carboxylic acids is 2. The van der Waals surface area contributed by atoms with Crippen LogP contribution in [0.4, 0.5) is 0 Å². The van der Waals surface area contributed by atoms with E-state index in [1.54, 1.807) is 24.3 Å². The van der Waals surface area contributed by atoms with Crippen molar-refractivity contribution in [3.63, 3.8) is 0 Å². The van der Waals surface area contributed by atoms with E-state index < -0.39 is 0 Å². The number of fused-ring (bicyclic) bond motifs is 1. The van der Waals surface area contributed by atoms with E-state index in [1.807, 2.05) is 13.8 Å². The fraction of sp³-hybridized carbons (Fsp3) is 0.286. The Labute approximate surface area is 106 Å². The Balaban J connectivity index is 2.40. The quantitative estimate of drug-likeness (QED) is 0.636. The molecule has 1 aliphatic rings. The molecule has 4 nitrogen and oxygen atoms in total. The van der Waals surface area contributed by atoms with Crippen LogP contribution in [0.3, 0.4) is 0 Å². The molecule has 0 aromatic heterocycles. The van der Waals surface area contributed by atoms with Crippen LogP contribution >= 0.6 is 0 Å². The van der Waals surface area contributed by atoms with Gasteiger partial charge in [-0.2, -0.15) is 0 Å². The number of nitrogens with one attached hydrogen (secondary N) is 1. The molecule has 0 amide bonds. The van der Waals surface area contributed by atoms with Crippen LogP contribution in [0.5, 0.6) is 5.75 Å².